The molecule has 3 rings (SSSR count). The van der Waals surface area contributed by atoms with E-state index in [1.165, 1.54) is 18.4 Å². The number of aromatic nitrogens is 4. The quantitative estimate of drug-likeness (QED) is 0.826. The van der Waals surface area contributed by atoms with Gasteiger partial charge in [0.05, 0.1) is 0 Å². The van der Waals surface area contributed by atoms with Gasteiger partial charge in [-0.3, -0.25) is 0 Å². The Labute approximate surface area is 99.4 Å². The molecule has 1 aliphatic rings. The summed E-state index contributed by atoms with van der Waals surface area (Å²) in [4.78, 5) is 0. The zero-order chi connectivity index (χ0) is 11.7. The summed E-state index contributed by atoms with van der Waals surface area (Å²) in [7, 11) is 0. The summed E-state index contributed by atoms with van der Waals surface area (Å²) in [5.41, 5.74) is 8.36. The highest BCUT2D eigenvalue weighted by Gasteiger charge is 2.43. The Bertz CT molecular complexity index is 501. The number of aromatic amines is 1. The summed E-state index contributed by atoms with van der Waals surface area (Å²) < 4.78 is 0. The van der Waals surface area contributed by atoms with Crippen molar-refractivity contribution in [2.24, 2.45) is 5.73 Å². The Morgan fingerprint density at radius 3 is 2.88 bits per heavy atom. The summed E-state index contributed by atoms with van der Waals surface area (Å²) in [6.07, 6.45) is 3.53. The molecule has 1 aliphatic carbocycles. The minimum atomic E-state index is 0.314. The predicted octanol–water partition coefficient (Wildman–Crippen LogP) is 1.25. The molecule has 1 aromatic carbocycles. The molecule has 5 heteroatoms. The van der Waals surface area contributed by atoms with E-state index in [1.54, 1.807) is 0 Å². The summed E-state index contributed by atoms with van der Waals surface area (Å²) in [5.74, 6) is 0.649. The van der Waals surface area contributed by atoms with E-state index in [2.05, 4.69) is 38.8 Å². The average molecular weight is 229 g/mol. The van der Waals surface area contributed by atoms with Crippen molar-refractivity contribution in [3.8, 4) is 11.4 Å². The van der Waals surface area contributed by atoms with Crippen LogP contribution in [0.5, 0.6) is 0 Å². The van der Waals surface area contributed by atoms with Gasteiger partial charge in [0.25, 0.3) is 0 Å². The molecule has 17 heavy (non-hydrogen) atoms. The van der Waals surface area contributed by atoms with Crippen LogP contribution in [0.25, 0.3) is 11.4 Å². The van der Waals surface area contributed by atoms with Gasteiger partial charge in [-0.2, -0.15) is 5.21 Å². The van der Waals surface area contributed by atoms with Gasteiger partial charge >= 0.3 is 0 Å². The Balaban J connectivity index is 1.95. The summed E-state index contributed by atoms with van der Waals surface area (Å²) >= 11 is 0. The smallest absolute Gasteiger partial charge is 0.204 e. The number of tetrazole rings is 1. The van der Waals surface area contributed by atoms with Gasteiger partial charge in [0, 0.05) is 5.56 Å². The second-order valence-corrected chi connectivity index (χ2v) is 4.64. The van der Waals surface area contributed by atoms with Gasteiger partial charge in [0.15, 0.2) is 0 Å². The molecule has 1 heterocycles. The van der Waals surface area contributed by atoms with Gasteiger partial charge in [-0.15, -0.1) is 10.2 Å². The molecular weight excluding hydrogens is 214 g/mol. The van der Waals surface area contributed by atoms with Crippen LogP contribution in [0.2, 0.25) is 0 Å². The number of nitrogens with two attached hydrogens (primary N) is 1. The molecule has 0 bridgehead atoms. The van der Waals surface area contributed by atoms with Crippen molar-refractivity contribution in [3.63, 3.8) is 0 Å². The third-order valence-electron chi connectivity index (χ3n) is 3.55. The van der Waals surface area contributed by atoms with Crippen LogP contribution < -0.4 is 5.73 Å². The Kier molecular flexibility index (Phi) is 2.40. The number of H-pyrrole nitrogens is 1. The SMILES string of the molecule is NCCC1(c2cccc(-c3nn[nH]n3)c2)CC1. The minimum absolute atomic E-state index is 0.314. The molecule has 88 valence electrons. The Hall–Kier alpha value is -1.75. The van der Waals surface area contributed by atoms with Crippen LogP contribution in [0.1, 0.15) is 24.8 Å². The Morgan fingerprint density at radius 2 is 2.24 bits per heavy atom. The van der Waals surface area contributed by atoms with E-state index < -0.39 is 0 Å². The van der Waals surface area contributed by atoms with Crippen molar-refractivity contribution in [1.82, 2.24) is 20.6 Å². The van der Waals surface area contributed by atoms with Crippen molar-refractivity contribution < 1.29 is 0 Å². The van der Waals surface area contributed by atoms with Gasteiger partial charge in [-0.25, -0.2) is 0 Å². The fourth-order valence-electron chi connectivity index (χ4n) is 2.38. The summed E-state index contributed by atoms with van der Waals surface area (Å²) in [6, 6.07) is 8.39. The lowest BCUT2D eigenvalue weighted by Crippen LogP contribution is -2.13. The third-order valence-corrected chi connectivity index (χ3v) is 3.55. The number of nitrogens with zero attached hydrogens (tertiary/aromatic N) is 3. The second-order valence-electron chi connectivity index (χ2n) is 4.64. The molecule has 1 fully saturated rings. The largest absolute Gasteiger partial charge is 0.330 e. The lowest BCUT2D eigenvalue weighted by atomic mass is 9.91. The lowest BCUT2D eigenvalue weighted by molar-refractivity contribution is 0.629. The van der Waals surface area contributed by atoms with Crippen molar-refractivity contribution in [2.45, 2.75) is 24.7 Å². The average Bonchev–Trinajstić information content (AvgIpc) is 2.94. The molecule has 1 aromatic heterocycles. The normalized spacial score (nSPS) is 17.0. The summed E-state index contributed by atoms with van der Waals surface area (Å²) in [6.45, 7) is 0.742. The zero-order valence-electron chi connectivity index (χ0n) is 9.56. The summed E-state index contributed by atoms with van der Waals surface area (Å²) in [5, 5.41) is 14.1. The van der Waals surface area contributed by atoms with Crippen LogP contribution in [-0.4, -0.2) is 27.2 Å². The first kappa shape index (κ1) is 10.4. The number of benzene rings is 1. The van der Waals surface area contributed by atoms with Gasteiger partial charge in [0.2, 0.25) is 5.82 Å². The van der Waals surface area contributed by atoms with Crippen LogP contribution in [-0.2, 0) is 5.41 Å². The van der Waals surface area contributed by atoms with Crippen molar-refractivity contribution >= 4 is 0 Å². The lowest BCUT2D eigenvalue weighted by Gasteiger charge is -2.14. The Morgan fingerprint density at radius 1 is 1.35 bits per heavy atom. The van der Waals surface area contributed by atoms with E-state index >= 15 is 0 Å². The monoisotopic (exact) mass is 229 g/mol. The van der Waals surface area contributed by atoms with Crippen molar-refractivity contribution in [3.05, 3.63) is 29.8 Å². The van der Waals surface area contributed by atoms with Gasteiger partial charge in [0.1, 0.15) is 0 Å². The topological polar surface area (TPSA) is 80.5 Å². The number of hydrogen-bond acceptors (Lipinski definition) is 4. The molecule has 0 aliphatic heterocycles. The maximum absolute atomic E-state index is 5.68. The molecule has 0 amide bonds. The molecule has 5 nitrogen and oxygen atoms in total. The van der Waals surface area contributed by atoms with E-state index in [4.69, 9.17) is 5.73 Å². The van der Waals surface area contributed by atoms with Crippen molar-refractivity contribution in [2.75, 3.05) is 6.54 Å². The molecule has 0 saturated heterocycles. The van der Waals surface area contributed by atoms with E-state index in [9.17, 15) is 0 Å². The molecule has 0 atom stereocenters. The number of hydrogen-bond donors (Lipinski definition) is 2. The molecule has 0 unspecified atom stereocenters. The molecule has 1 saturated carbocycles. The van der Waals surface area contributed by atoms with E-state index in [1.807, 2.05) is 6.07 Å². The van der Waals surface area contributed by atoms with Crippen molar-refractivity contribution in [1.29, 1.82) is 0 Å². The molecule has 0 radical (unpaired) electrons. The molecular formula is C12H15N5. The first-order valence-electron chi connectivity index (χ1n) is 5.88. The van der Waals surface area contributed by atoms with E-state index in [-0.39, 0.29) is 0 Å². The third kappa shape index (κ3) is 1.82. The van der Waals surface area contributed by atoms with Crippen LogP contribution in [0.15, 0.2) is 24.3 Å². The number of rotatable bonds is 4. The van der Waals surface area contributed by atoms with Gasteiger partial charge in [-0.05, 0) is 48.1 Å². The van der Waals surface area contributed by atoms with Gasteiger partial charge < -0.3 is 5.73 Å². The first-order valence-corrected chi connectivity index (χ1v) is 5.88. The van der Waals surface area contributed by atoms with Crippen LogP contribution in [0.4, 0.5) is 0 Å². The zero-order valence-corrected chi connectivity index (χ0v) is 9.56. The van der Waals surface area contributed by atoms with E-state index in [0.717, 1.165) is 18.5 Å². The van der Waals surface area contributed by atoms with Crippen LogP contribution in [0, 0.1) is 0 Å². The number of nitrogens with one attached hydrogen (secondary N) is 1. The predicted molar refractivity (Wildman–Crippen MR) is 64.2 cm³/mol. The standard InChI is InChI=1S/C12H15N5/c13-7-6-12(4-5-12)10-3-1-2-9(8-10)11-14-16-17-15-11/h1-3,8H,4-7,13H2,(H,14,15,16,17). The molecule has 0 spiro atoms. The maximum atomic E-state index is 5.68. The second kappa shape index (κ2) is 3.92. The van der Waals surface area contributed by atoms with E-state index in [0.29, 0.717) is 11.2 Å². The minimum Gasteiger partial charge on any atom is -0.330 e. The highest BCUT2D eigenvalue weighted by Crippen LogP contribution is 2.51. The fraction of sp³-hybridized carbons (Fsp3) is 0.417. The highest BCUT2D eigenvalue weighted by molar-refractivity contribution is 5.56. The maximum Gasteiger partial charge on any atom is 0.204 e. The molecule has 2 aromatic rings. The van der Waals surface area contributed by atoms with Gasteiger partial charge in [-0.1, -0.05) is 18.2 Å². The fourth-order valence-corrected chi connectivity index (χ4v) is 2.38. The van der Waals surface area contributed by atoms with Crippen LogP contribution >= 0.6 is 0 Å². The van der Waals surface area contributed by atoms with Crippen LogP contribution in [0.3, 0.4) is 0 Å². The molecule has 3 N–H and O–H groups in total. The highest BCUT2D eigenvalue weighted by atomic mass is 15.5. The first-order chi connectivity index (χ1) is 8.34.